The number of benzene rings is 3. The van der Waals surface area contributed by atoms with Crippen LogP contribution in [0.15, 0.2) is 90.0 Å². The monoisotopic (exact) mass is 457 g/mol. The lowest BCUT2D eigenvalue weighted by atomic mass is 10.0. The fraction of sp³-hybridized carbons (Fsp3) is 0.154. The molecule has 0 aromatic heterocycles. The molecule has 1 atom stereocenters. The van der Waals surface area contributed by atoms with Crippen molar-refractivity contribution in [2.45, 2.75) is 12.5 Å². The van der Waals surface area contributed by atoms with Crippen LogP contribution in [-0.2, 0) is 14.3 Å². The summed E-state index contributed by atoms with van der Waals surface area (Å²) in [4.78, 5) is 37.3. The van der Waals surface area contributed by atoms with Gasteiger partial charge >= 0.3 is 5.97 Å². The van der Waals surface area contributed by atoms with Gasteiger partial charge in [-0.15, -0.1) is 0 Å². The summed E-state index contributed by atoms with van der Waals surface area (Å²) in [6.07, 6.45) is 0.319. The molecule has 1 N–H and O–H groups in total. The van der Waals surface area contributed by atoms with Crippen molar-refractivity contribution in [1.29, 1.82) is 0 Å². The van der Waals surface area contributed by atoms with E-state index in [1.54, 1.807) is 23.2 Å². The molecule has 8 nitrogen and oxygen atoms in total. The molecule has 3 aromatic carbocycles. The van der Waals surface area contributed by atoms with Gasteiger partial charge in [0.15, 0.2) is 6.61 Å². The summed E-state index contributed by atoms with van der Waals surface area (Å²) < 4.78 is 10.3. The molecule has 0 radical (unpaired) electrons. The normalized spacial score (nSPS) is 14.8. The molecule has 0 aliphatic carbocycles. The van der Waals surface area contributed by atoms with Gasteiger partial charge in [-0.3, -0.25) is 19.9 Å². The highest BCUT2D eigenvalue weighted by molar-refractivity contribution is 6.37. The van der Waals surface area contributed by atoms with Crippen molar-refractivity contribution in [1.82, 2.24) is 5.32 Å². The van der Waals surface area contributed by atoms with Crippen molar-refractivity contribution in [2.75, 3.05) is 18.7 Å². The van der Waals surface area contributed by atoms with E-state index in [2.05, 4.69) is 10.4 Å². The molecule has 172 valence electrons. The number of amides is 2. The van der Waals surface area contributed by atoms with Crippen molar-refractivity contribution >= 4 is 29.2 Å². The Balaban J connectivity index is 1.41. The Morgan fingerprint density at radius 2 is 1.59 bits per heavy atom. The van der Waals surface area contributed by atoms with Crippen molar-refractivity contribution in [3.05, 3.63) is 96.1 Å². The number of anilines is 1. The topological polar surface area (TPSA) is 97.3 Å². The lowest BCUT2D eigenvalue weighted by molar-refractivity contribution is -0.141. The standard InChI is InChI=1S/C26H23N3O5/c1-33-23-15-9-8-14-20(23)25(31)27-24(30)17-34-26(32)21-16-22(18-10-4-2-5-11-18)29(28-21)19-12-6-3-7-13-19/h2-15,22H,16-17H2,1H3,(H,27,30,31). The number of carbonyl (C=O) groups excluding carboxylic acids is 3. The third-order valence-corrected chi connectivity index (χ3v) is 5.29. The first-order valence-electron chi connectivity index (χ1n) is 10.7. The van der Waals surface area contributed by atoms with Gasteiger partial charge in [0.1, 0.15) is 11.5 Å². The Labute approximate surface area is 196 Å². The smallest absolute Gasteiger partial charge is 0.355 e. The fourth-order valence-electron chi connectivity index (χ4n) is 3.66. The number of carbonyl (C=O) groups is 3. The van der Waals surface area contributed by atoms with Crippen LogP contribution in [0.2, 0.25) is 0 Å². The van der Waals surface area contributed by atoms with Gasteiger partial charge in [0, 0.05) is 6.42 Å². The third-order valence-electron chi connectivity index (χ3n) is 5.29. The summed E-state index contributed by atoms with van der Waals surface area (Å²) in [5.41, 5.74) is 2.23. The third kappa shape index (κ3) is 5.12. The number of methoxy groups -OCH3 is 1. The zero-order valence-corrected chi connectivity index (χ0v) is 18.5. The lowest BCUT2D eigenvalue weighted by Crippen LogP contribution is -2.35. The number of hydrazone groups is 1. The van der Waals surface area contributed by atoms with Gasteiger partial charge in [0.2, 0.25) is 0 Å². The predicted molar refractivity (Wildman–Crippen MR) is 127 cm³/mol. The number of rotatable bonds is 7. The maximum absolute atomic E-state index is 12.7. The second-order valence-electron chi connectivity index (χ2n) is 7.51. The van der Waals surface area contributed by atoms with Crippen molar-refractivity contribution in [2.24, 2.45) is 5.10 Å². The van der Waals surface area contributed by atoms with Crippen LogP contribution < -0.4 is 15.1 Å². The number of esters is 1. The van der Waals surface area contributed by atoms with Gasteiger partial charge in [-0.25, -0.2) is 4.79 Å². The van der Waals surface area contributed by atoms with Crippen LogP contribution >= 0.6 is 0 Å². The van der Waals surface area contributed by atoms with Crippen molar-refractivity contribution in [3.8, 4) is 5.75 Å². The zero-order valence-electron chi connectivity index (χ0n) is 18.5. The summed E-state index contributed by atoms with van der Waals surface area (Å²) >= 11 is 0. The Morgan fingerprint density at radius 1 is 0.941 bits per heavy atom. The van der Waals surface area contributed by atoms with E-state index in [-0.39, 0.29) is 17.3 Å². The minimum Gasteiger partial charge on any atom is -0.496 e. The minimum absolute atomic E-state index is 0.188. The SMILES string of the molecule is COc1ccccc1C(=O)NC(=O)COC(=O)C1=NN(c2ccccc2)C(c2ccccc2)C1. The molecule has 1 aliphatic heterocycles. The molecule has 0 saturated heterocycles. The summed E-state index contributed by atoms with van der Waals surface area (Å²) in [5.74, 6) is -1.77. The molecule has 0 fully saturated rings. The molecule has 4 rings (SSSR count). The van der Waals surface area contributed by atoms with Crippen LogP contribution in [0.5, 0.6) is 5.75 Å². The van der Waals surface area contributed by atoms with Gasteiger partial charge in [-0.2, -0.15) is 5.10 Å². The first-order chi connectivity index (χ1) is 16.6. The average Bonchev–Trinajstić information content (AvgIpc) is 3.34. The molecule has 2 amide bonds. The van der Waals surface area contributed by atoms with E-state index < -0.39 is 24.4 Å². The minimum atomic E-state index is -0.748. The molecule has 1 unspecified atom stereocenters. The number of hydrogen-bond acceptors (Lipinski definition) is 7. The first kappa shape index (κ1) is 22.7. The molecule has 1 aliphatic rings. The van der Waals surface area contributed by atoms with Gasteiger partial charge < -0.3 is 9.47 Å². The van der Waals surface area contributed by atoms with Crippen molar-refractivity contribution in [3.63, 3.8) is 0 Å². The number of hydrogen-bond donors (Lipinski definition) is 1. The maximum atomic E-state index is 12.7. The summed E-state index contributed by atoms with van der Waals surface area (Å²) in [6.45, 7) is -0.611. The first-order valence-corrected chi connectivity index (χ1v) is 10.7. The van der Waals surface area contributed by atoms with Gasteiger partial charge in [-0.1, -0.05) is 60.7 Å². The van der Waals surface area contributed by atoms with E-state index in [0.717, 1.165) is 11.3 Å². The highest BCUT2D eigenvalue weighted by Crippen LogP contribution is 2.35. The van der Waals surface area contributed by atoms with Crippen LogP contribution in [0.3, 0.4) is 0 Å². The summed E-state index contributed by atoms with van der Waals surface area (Å²) in [7, 11) is 1.43. The molecular weight excluding hydrogens is 434 g/mol. The molecule has 3 aromatic rings. The van der Waals surface area contributed by atoms with Crippen LogP contribution in [0.25, 0.3) is 0 Å². The van der Waals surface area contributed by atoms with Gasteiger partial charge in [0.25, 0.3) is 11.8 Å². The Morgan fingerprint density at radius 3 is 2.29 bits per heavy atom. The summed E-state index contributed by atoms with van der Waals surface area (Å²) in [5, 5.41) is 8.46. The second kappa shape index (κ2) is 10.4. The number of imide groups is 1. The van der Waals surface area contributed by atoms with E-state index in [9.17, 15) is 14.4 Å². The van der Waals surface area contributed by atoms with Crippen LogP contribution in [0.1, 0.15) is 28.4 Å². The van der Waals surface area contributed by atoms with Gasteiger partial charge in [-0.05, 0) is 29.8 Å². The lowest BCUT2D eigenvalue weighted by Gasteiger charge is -2.23. The fourth-order valence-corrected chi connectivity index (χ4v) is 3.66. The number of nitrogens with one attached hydrogen (secondary N) is 1. The van der Waals surface area contributed by atoms with E-state index in [4.69, 9.17) is 9.47 Å². The van der Waals surface area contributed by atoms with Crippen molar-refractivity contribution < 1.29 is 23.9 Å². The number of nitrogens with zero attached hydrogens (tertiary/aromatic N) is 2. The Kier molecular flexibility index (Phi) is 6.98. The van der Waals surface area contributed by atoms with E-state index >= 15 is 0 Å². The quantitative estimate of drug-likeness (QED) is 0.546. The predicted octanol–water partition coefficient (Wildman–Crippen LogP) is 3.50. The molecular formula is C26H23N3O5. The largest absolute Gasteiger partial charge is 0.496 e. The highest BCUT2D eigenvalue weighted by atomic mass is 16.5. The zero-order chi connectivity index (χ0) is 23.9. The molecule has 0 saturated carbocycles. The van der Waals surface area contributed by atoms with Gasteiger partial charge in [0.05, 0.1) is 24.4 Å². The van der Waals surface area contributed by atoms with E-state index in [1.807, 2.05) is 60.7 Å². The molecule has 0 bridgehead atoms. The Hall–Kier alpha value is -4.46. The number of para-hydroxylation sites is 2. The molecule has 34 heavy (non-hydrogen) atoms. The van der Waals surface area contributed by atoms with E-state index in [1.165, 1.54) is 13.2 Å². The maximum Gasteiger partial charge on any atom is 0.355 e. The molecule has 0 spiro atoms. The second-order valence-corrected chi connectivity index (χ2v) is 7.51. The average molecular weight is 457 g/mol. The van der Waals surface area contributed by atoms with E-state index in [0.29, 0.717) is 12.2 Å². The van der Waals surface area contributed by atoms with Crippen LogP contribution in [-0.4, -0.2) is 37.2 Å². The van der Waals surface area contributed by atoms with Crippen LogP contribution in [0, 0.1) is 0 Å². The number of ether oxygens (including phenoxy) is 2. The highest BCUT2D eigenvalue weighted by Gasteiger charge is 2.33. The molecule has 8 heteroatoms. The Bertz CT molecular complexity index is 1210. The summed E-state index contributed by atoms with van der Waals surface area (Å²) in [6, 6.07) is 25.6. The van der Waals surface area contributed by atoms with Crippen LogP contribution in [0.4, 0.5) is 5.69 Å². The molecule has 1 heterocycles.